The molecule has 180 valence electrons. The Bertz CT molecular complexity index is 1020. The number of rotatable bonds is 7. The number of ether oxygens (including phenoxy) is 2. The number of methoxy groups -OCH3 is 1. The molecule has 1 aliphatic rings. The lowest BCUT2D eigenvalue weighted by molar-refractivity contribution is 0.0600. The lowest BCUT2D eigenvalue weighted by Gasteiger charge is -2.33. The maximum absolute atomic E-state index is 13.1. The Hall–Kier alpha value is -1.86. The number of hydrogen-bond acceptors (Lipinski definition) is 5. The lowest BCUT2D eigenvalue weighted by atomic mass is 9.72. The molecule has 0 spiro atoms. The number of halogens is 1. The predicted octanol–water partition coefficient (Wildman–Crippen LogP) is 7.13. The Kier molecular flexibility index (Phi) is 8.27. The Labute approximate surface area is 209 Å². The van der Waals surface area contributed by atoms with Gasteiger partial charge in [-0.25, -0.2) is 4.79 Å². The van der Waals surface area contributed by atoms with E-state index >= 15 is 0 Å². The van der Waals surface area contributed by atoms with Gasteiger partial charge in [-0.3, -0.25) is 4.79 Å². The summed E-state index contributed by atoms with van der Waals surface area (Å²) in [7, 11) is 1.38. The van der Waals surface area contributed by atoms with E-state index in [0.717, 1.165) is 35.7 Å². The molecule has 1 aliphatic carbocycles. The van der Waals surface area contributed by atoms with E-state index in [1.165, 1.54) is 23.3 Å². The zero-order chi connectivity index (χ0) is 24.3. The highest BCUT2D eigenvalue weighted by molar-refractivity contribution is 9.10. The van der Waals surface area contributed by atoms with Crippen molar-refractivity contribution in [2.75, 3.05) is 19.0 Å². The Morgan fingerprint density at radius 3 is 2.61 bits per heavy atom. The van der Waals surface area contributed by atoms with Gasteiger partial charge in [0.15, 0.2) is 0 Å². The quantitative estimate of drug-likeness (QED) is 0.383. The first kappa shape index (κ1) is 25.8. The summed E-state index contributed by atoms with van der Waals surface area (Å²) >= 11 is 5.01. The minimum Gasteiger partial charge on any atom is -0.492 e. The highest BCUT2D eigenvalue weighted by Crippen LogP contribution is 2.44. The molecule has 33 heavy (non-hydrogen) atoms. The minimum atomic E-state index is -0.396. The summed E-state index contributed by atoms with van der Waals surface area (Å²) in [6.45, 7) is 11.7. The molecular formula is C26H34BrNO4S. The van der Waals surface area contributed by atoms with Crippen molar-refractivity contribution in [2.24, 2.45) is 17.3 Å². The van der Waals surface area contributed by atoms with Crippen LogP contribution in [-0.2, 0) is 17.6 Å². The molecule has 0 saturated heterocycles. The number of carbonyl (C=O) groups excluding carboxylic acids is 2. The van der Waals surface area contributed by atoms with Crippen LogP contribution < -0.4 is 10.1 Å². The molecule has 1 amide bonds. The molecule has 5 nitrogen and oxygen atoms in total. The normalized spacial score (nSPS) is 15.8. The molecule has 1 aromatic heterocycles. The smallest absolute Gasteiger partial charge is 0.341 e. The van der Waals surface area contributed by atoms with Crippen LogP contribution >= 0.6 is 27.3 Å². The molecular weight excluding hydrogens is 502 g/mol. The van der Waals surface area contributed by atoms with Crippen molar-refractivity contribution < 1.29 is 19.1 Å². The molecule has 1 atom stereocenters. The number of thiophene rings is 1. The molecule has 1 aromatic carbocycles. The molecule has 1 N–H and O–H groups in total. The topological polar surface area (TPSA) is 64.6 Å². The van der Waals surface area contributed by atoms with E-state index in [1.807, 2.05) is 0 Å². The Morgan fingerprint density at radius 1 is 1.27 bits per heavy atom. The van der Waals surface area contributed by atoms with Gasteiger partial charge in [-0.2, -0.15) is 0 Å². The van der Waals surface area contributed by atoms with E-state index < -0.39 is 5.97 Å². The van der Waals surface area contributed by atoms with Gasteiger partial charge < -0.3 is 14.8 Å². The highest BCUT2D eigenvalue weighted by atomic mass is 79.9. The van der Waals surface area contributed by atoms with Crippen LogP contribution in [0, 0.1) is 17.3 Å². The molecule has 0 radical (unpaired) electrons. The number of fused-ring (bicyclic) bond motifs is 1. The Morgan fingerprint density at radius 2 is 2.00 bits per heavy atom. The van der Waals surface area contributed by atoms with Crippen molar-refractivity contribution in [3.8, 4) is 5.75 Å². The van der Waals surface area contributed by atoms with E-state index in [2.05, 4.69) is 55.9 Å². The second-order valence-corrected chi connectivity index (χ2v) is 12.1. The van der Waals surface area contributed by atoms with E-state index in [4.69, 9.17) is 9.47 Å². The van der Waals surface area contributed by atoms with Crippen molar-refractivity contribution >= 4 is 44.1 Å². The Balaban J connectivity index is 1.81. The van der Waals surface area contributed by atoms with Crippen LogP contribution in [0.2, 0.25) is 0 Å². The summed E-state index contributed by atoms with van der Waals surface area (Å²) in [6.07, 6.45) is 3.72. The van der Waals surface area contributed by atoms with Crippen LogP contribution in [0.15, 0.2) is 22.7 Å². The molecule has 3 rings (SSSR count). The van der Waals surface area contributed by atoms with Crippen molar-refractivity contribution in [3.05, 3.63) is 44.2 Å². The van der Waals surface area contributed by atoms with Crippen molar-refractivity contribution in [3.63, 3.8) is 0 Å². The largest absolute Gasteiger partial charge is 0.492 e. The third kappa shape index (κ3) is 6.18. The number of anilines is 1. The summed E-state index contributed by atoms with van der Waals surface area (Å²) in [6, 6.07) is 5.29. The molecule has 0 saturated carbocycles. The molecule has 0 aliphatic heterocycles. The predicted molar refractivity (Wildman–Crippen MR) is 138 cm³/mol. The summed E-state index contributed by atoms with van der Waals surface area (Å²) in [4.78, 5) is 26.9. The van der Waals surface area contributed by atoms with E-state index in [1.54, 1.807) is 18.2 Å². The van der Waals surface area contributed by atoms with Crippen LogP contribution in [0.5, 0.6) is 5.75 Å². The van der Waals surface area contributed by atoms with Crippen LogP contribution in [0.3, 0.4) is 0 Å². The monoisotopic (exact) mass is 535 g/mol. The summed E-state index contributed by atoms with van der Waals surface area (Å²) < 4.78 is 11.6. The summed E-state index contributed by atoms with van der Waals surface area (Å²) in [5.41, 5.74) is 2.22. The van der Waals surface area contributed by atoms with Gasteiger partial charge in [0.25, 0.3) is 5.91 Å². The fourth-order valence-electron chi connectivity index (χ4n) is 4.07. The molecule has 0 fully saturated rings. The van der Waals surface area contributed by atoms with Gasteiger partial charge in [0, 0.05) is 10.4 Å². The number of hydrogen-bond donors (Lipinski definition) is 1. The maximum atomic E-state index is 13.1. The minimum absolute atomic E-state index is 0.196. The van der Waals surface area contributed by atoms with Crippen molar-refractivity contribution in [1.82, 2.24) is 0 Å². The number of amides is 1. The number of carbonyl (C=O) groups is 2. The van der Waals surface area contributed by atoms with Gasteiger partial charge in [-0.1, -0.05) is 34.6 Å². The van der Waals surface area contributed by atoms with Crippen molar-refractivity contribution in [1.29, 1.82) is 0 Å². The van der Waals surface area contributed by atoms with Crippen LogP contribution in [-0.4, -0.2) is 25.6 Å². The standard InChI is InChI=1S/C26H34BrNO4S/c1-15(2)11-12-32-20-10-7-16(13-19(20)27)23(29)28-24-22(25(30)31-6)18-9-8-17(26(3,4)5)14-21(18)33-24/h7,10,13,15,17H,8-9,11-12,14H2,1-6H3,(H,28,29). The van der Waals surface area contributed by atoms with Crippen LogP contribution in [0.4, 0.5) is 5.00 Å². The molecule has 2 aromatic rings. The van der Waals surface area contributed by atoms with Gasteiger partial charge in [-0.05, 0) is 82.6 Å². The average molecular weight is 537 g/mol. The zero-order valence-corrected chi connectivity index (χ0v) is 22.7. The fourth-order valence-corrected chi connectivity index (χ4v) is 5.87. The SMILES string of the molecule is COC(=O)c1c(NC(=O)c2ccc(OCCC(C)C)c(Br)c2)sc2c1CCC(C(C)(C)C)C2. The maximum Gasteiger partial charge on any atom is 0.341 e. The van der Waals surface area contributed by atoms with E-state index in [0.29, 0.717) is 40.3 Å². The third-order valence-corrected chi connectivity index (χ3v) is 8.04. The molecule has 7 heteroatoms. The van der Waals surface area contributed by atoms with Gasteiger partial charge in [0.1, 0.15) is 10.8 Å². The van der Waals surface area contributed by atoms with Crippen LogP contribution in [0.1, 0.15) is 78.6 Å². The fraction of sp³-hybridized carbons (Fsp3) is 0.538. The van der Waals surface area contributed by atoms with E-state index in [-0.39, 0.29) is 11.3 Å². The summed E-state index contributed by atoms with van der Waals surface area (Å²) in [5, 5.41) is 3.54. The number of nitrogens with one attached hydrogen (secondary N) is 1. The zero-order valence-electron chi connectivity index (χ0n) is 20.3. The third-order valence-electron chi connectivity index (χ3n) is 6.25. The van der Waals surface area contributed by atoms with Gasteiger partial charge >= 0.3 is 5.97 Å². The van der Waals surface area contributed by atoms with Gasteiger partial charge in [0.05, 0.1) is 23.8 Å². The van der Waals surface area contributed by atoms with Crippen molar-refractivity contribution in [2.45, 2.75) is 60.3 Å². The van der Waals surface area contributed by atoms with Gasteiger partial charge in [-0.15, -0.1) is 11.3 Å². The van der Waals surface area contributed by atoms with Gasteiger partial charge in [0.2, 0.25) is 0 Å². The average Bonchev–Trinajstić information content (AvgIpc) is 3.10. The summed E-state index contributed by atoms with van der Waals surface area (Å²) in [5.74, 6) is 1.15. The second-order valence-electron chi connectivity index (χ2n) is 10.1. The first-order chi connectivity index (χ1) is 15.5. The first-order valence-corrected chi connectivity index (χ1v) is 13.1. The van der Waals surface area contributed by atoms with Crippen LogP contribution in [0.25, 0.3) is 0 Å². The van der Waals surface area contributed by atoms with E-state index in [9.17, 15) is 9.59 Å². The number of benzene rings is 1. The molecule has 1 heterocycles. The highest BCUT2D eigenvalue weighted by Gasteiger charge is 2.34. The lowest BCUT2D eigenvalue weighted by Crippen LogP contribution is -2.26. The second kappa shape index (κ2) is 10.6. The molecule has 0 bridgehead atoms. The number of esters is 1. The molecule has 1 unspecified atom stereocenters. The first-order valence-electron chi connectivity index (χ1n) is 11.5.